The van der Waals surface area contributed by atoms with Gasteiger partial charge in [-0.15, -0.1) is 0 Å². The van der Waals surface area contributed by atoms with E-state index in [0.717, 1.165) is 11.1 Å². The monoisotopic (exact) mass is 309 g/mol. The molecule has 5 nitrogen and oxygen atoms in total. The van der Waals surface area contributed by atoms with Crippen molar-refractivity contribution < 1.29 is 9.47 Å². The Morgan fingerprint density at radius 2 is 2.19 bits per heavy atom. The van der Waals surface area contributed by atoms with Gasteiger partial charge in [0.2, 0.25) is 0 Å². The molecule has 1 unspecified atom stereocenters. The first-order valence-corrected chi connectivity index (χ1v) is 7.09. The van der Waals surface area contributed by atoms with Crippen molar-refractivity contribution in [2.45, 2.75) is 26.0 Å². The summed E-state index contributed by atoms with van der Waals surface area (Å²) in [4.78, 5) is 0. The van der Waals surface area contributed by atoms with Crippen molar-refractivity contribution in [1.82, 2.24) is 9.78 Å². The van der Waals surface area contributed by atoms with E-state index < -0.39 is 0 Å². The first-order chi connectivity index (χ1) is 9.99. The van der Waals surface area contributed by atoms with Gasteiger partial charge in [-0.2, -0.15) is 5.10 Å². The number of aromatic nitrogens is 2. The fourth-order valence-corrected chi connectivity index (χ4v) is 2.37. The molecule has 0 aliphatic carbocycles. The lowest BCUT2D eigenvalue weighted by Gasteiger charge is -2.16. The van der Waals surface area contributed by atoms with Gasteiger partial charge in [0, 0.05) is 41.5 Å². The molecule has 0 spiro atoms. The highest BCUT2D eigenvalue weighted by molar-refractivity contribution is 6.30. The number of halogens is 1. The predicted octanol–water partition coefficient (Wildman–Crippen LogP) is 2.55. The van der Waals surface area contributed by atoms with Crippen LogP contribution in [0.1, 0.15) is 18.1 Å². The van der Waals surface area contributed by atoms with Crippen LogP contribution in [0, 0.1) is 0 Å². The third-order valence-electron chi connectivity index (χ3n) is 3.00. The molecule has 1 heterocycles. The highest BCUT2D eigenvalue weighted by Crippen LogP contribution is 2.35. The first-order valence-electron chi connectivity index (χ1n) is 6.72. The second-order valence-corrected chi connectivity index (χ2v) is 5.53. The molecule has 1 aromatic carbocycles. The van der Waals surface area contributed by atoms with E-state index >= 15 is 0 Å². The van der Waals surface area contributed by atoms with Crippen LogP contribution in [0.5, 0.6) is 11.5 Å². The Kier molecular flexibility index (Phi) is 5.09. The smallest absolute Gasteiger partial charge is 0.165 e. The molecule has 0 fully saturated rings. The van der Waals surface area contributed by atoms with E-state index in [2.05, 4.69) is 5.10 Å². The van der Waals surface area contributed by atoms with Crippen molar-refractivity contribution in [3.63, 3.8) is 0 Å². The van der Waals surface area contributed by atoms with Crippen LogP contribution in [0.2, 0.25) is 5.02 Å². The molecule has 6 heteroatoms. The topological polar surface area (TPSA) is 62.3 Å². The molecule has 0 saturated carbocycles. The molecule has 21 heavy (non-hydrogen) atoms. The van der Waals surface area contributed by atoms with E-state index in [1.54, 1.807) is 24.1 Å². The molecule has 0 amide bonds. The average molecular weight is 310 g/mol. The summed E-state index contributed by atoms with van der Waals surface area (Å²) in [7, 11) is 3.46. The Labute approximate surface area is 129 Å². The zero-order valence-corrected chi connectivity index (χ0v) is 13.2. The Morgan fingerprint density at radius 3 is 2.76 bits per heavy atom. The number of nitrogens with two attached hydrogens (primary N) is 1. The maximum Gasteiger partial charge on any atom is 0.165 e. The molecular weight excluding hydrogens is 290 g/mol. The SMILES string of the molecule is COc1cc(Cl)cc(CC(C)N)c1OCc1cnn(C)c1. The van der Waals surface area contributed by atoms with Crippen LogP contribution in [-0.4, -0.2) is 22.9 Å². The van der Waals surface area contributed by atoms with Crippen molar-refractivity contribution in [2.24, 2.45) is 12.8 Å². The summed E-state index contributed by atoms with van der Waals surface area (Å²) in [5.41, 5.74) is 7.82. The largest absolute Gasteiger partial charge is 0.493 e. The lowest BCUT2D eigenvalue weighted by atomic mass is 10.1. The molecule has 1 aromatic heterocycles. The summed E-state index contributed by atoms with van der Waals surface area (Å²) in [6.45, 7) is 2.36. The van der Waals surface area contributed by atoms with E-state index in [1.165, 1.54) is 0 Å². The van der Waals surface area contributed by atoms with Gasteiger partial charge in [0.1, 0.15) is 6.61 Å². The summed E-state index contributed by atoms with van der Waals surface area (Å²) in [6.07, 6.45) is 4.35. The highest BCUT2D eigenvalue weighted by Gasteiger charge is 2.14. The summed E-state index contributed by atoms with van der Waals surface area (Å²) < 4.78 is 13.0. The van der Waals surface area contributed by atoms with Crippen LogP contribution in [0.15, 0.2) is 24.5 Å². The third kappa shape index (κ3) is 4.12. The number of aryl methyl sites for hydroxylation is 1. The van der Waals surface area contributed by atoms with Gasteiger partial charge in [-0.05, 0) is 19.4 Å². The van der Waals surface area contributed by atoms with E-state index in [1.807, 2.05) is 26.2 Å². The molecule has 2 N–H and O–H groups in total. The summed E-state index contributed by atoms with van der Waals surface area (Å²) in [5, 5.41) is 4.73. The van der Waals surface area contributed by atoms with Gasteiger partial charge in [0.15, 0.2) is 11.5 Å². The van der Waals surface area contributed by atoms with Gasteiger partial charge in [-0.3, -0.25) is 4.68 Å². The number of benzene rings is 1. The van der Waals surface area contributed by atoms with Crippen LogP contribution < -0.4 is 15.2 Å². The Bertz CT molecular complexity index is 611. The maximum absolute atomic E-state index is 6.11. The molecule has 0 bridgehead atoms. The third-order valence-corrected chi connectivity index (χ3v) is 3.22. The van der Waals surface area contributed by atoms with Crippen molar-refractivity contribution in [3.05, 3.63) is 40.7 Å². The van der Waals surface area contributed by atoms with Crippen molar-refractivity contribution in [3.8, 4) is 11.5 Å². The molecule has 0 saturated heterocycles. The average Bonchev–Trinajstić information content (AvgIpc) is 2.82. The van der Waals surface area contributed by atoms with Crippen molar-refractivity contribution in [1.29, 1.82) is 0 Å². The number of hydrogen-bond acceptors (Lipinski definition) is 4. The number of hydrogen-bond donors (Lipinski definition) is 1. The van der Waals surface area contributed by atoms with Crippen LogP contribution in [0.25, 0.3) is 0 Å². The minimum atomic E-state index is 0.00825. The lowest BCUT2D eigenvalue weighted by molar-refractivity contribution is 0.281. The summed E-state index contributed by atoms with van der Waals surface area (Å²) in [6, 6.07) is 3.62. The molecule has 2 aromatic rings. The second kappa shape index (κ2) is 6.83. The molecule has 0 aliphatic rings. The Morgan fingerprint density at radius 1 is 1.43 bits per heavy atom. The van der Waals surface area contributed by atoms with Crippen LogP contribution >= 0.6 is 11.6 Å². The van der Waals surface area contributed by atoms with Gasteiger partial charge < -0.3 is 15.2 Å². The molecule has 0 aliphatic heterocycles. The predicted molar refractivity (Wildman–Crippen MR) is 82.9 cm³/mol. The standard InChI is InChI=1S/C15H20ClN3O2/c1-10(17)4-12-5-13(16)6-14(20-3)15(12)21-9-11-7-18-19(2)8-11/h5-8,10H,4,9,17H2,1-3H3. The fourth-order valence-electron chi connectivity index (χ4n) is 2.14. The van der Waals surface area contributed by atoms with Crippen LogP contribution in [0.3, 0.4) is 0 Å². The van der Waals surface area contributed by atoms with Crippen molar-refractivity contribution >= 4 is 11.6 Å². The van der Waals surface area contributed by atoms with Gasteiger partial charge in [-0.1, -0.05) is 11.6 Å². The minimum absolute atomic E-state index is 0.00825. The molecule has 0 radical (unpaired) electrons. The molecular formula is C15H20ClN3O2. The van der Waals surface area contributed by atoms with Crippen molar-refractivity contribution in [2.75, 3.05) is 7.11 Å². The zero-order chi connectivity index (χ0) is 15.4. The van der Waals surface area contributed by atoms with E-state index in [4.69, 9.17) is 26.8 Å². The summed E-state index contributed by atoms with van der Waals surface area (Å²) >= 11 is 6.11. The fraction of sp³-hybridized carbons (Fsp3) is 0.400. The highest BCUT2D eigenvalue weighted by atomic mass is 35.5. The zero-order valence-electron chi connectivity index (χ0n) is 12.5. The van der Waals surface area contributed by atoms with E-state index in [9.17, 15) is 0 Å². The second-order valence-electron chi connectivity index (χ2n) is 5.09. The van der Waals surface area contributed by atoms with Crippen LogP contribution in [-0.2, 0) is 20.1 Å². The Balaban J connectivity index is 2.26. The van der Waals surface area contributed by atoms with Gasteiger partial charge >= 0.3 is 0 Å². The van der Waals surface area contributed by atoms with Gasteiger partial charge in [0.25, 0.3) is 0 Å². The minimum Gasteiger partial charge on any atom is -0.493 e. The number of ether oxygens (including phenoxy) is 2. The van der Waals surface area contributed by atoms with E-state index in [-0.39, 0.29) is 6.04 Å². The quantitative estimate of drug-likeness (QED) is 0.891. The Hall–Kier alpha value is -1.72. The lowest BCUT2D eigenvalue weighted by Crippen LogP contribution is -2.18. The maximum atomic E-state index is 6.11. The van der Waals surface area contributed by atoms with Crippen LogP contribution in [0.4, 0.5) is 0 Å². The molecule has 114 valence electrons. The number of nitrogens with zero attached hydrogens (tertiary/aromatic N) is 2. The number of rotatable bonds is 6. The first kappa shape index (κ1) is 15.7. The number of methoxy groups -OCH3 is 1. The summed E-state index contributed by atoms with van der Waals surface area (Å²) in [5.74, 6) is 1.30. The molecule has 1 atom stereocenters. The van der Waals surface area contributed by atoms with Gasteiger partial charge in [-0.25, -0.2) is 0 Å². The van der Waals surface area contributed by atoms with Gasteiger partial charge in [0.05, 0.1) is 13.3 Å². The van der Waals surface area contributed by atoms with E-state index in [0.29, 0.717) is 29.5 Å². The normalized spacial score (nSPS) is 12.2. The molecule has 2 rings (SSSR count).